The van der Waals surface area contributed by atoms with Gasteiger partial charge in [0.1, 0.15) is 0 Å². The van der Waals surface area contributed by atoms with Crippen LogP contribution in [0.3, 0.4) is 0 Å². The van der Waals surface area contributed by atoms with Gasteiger partial charge >= 0.3 is 5.97 Å². The summed E-state index contributed by atoms with van der Waals surface area (Å²) in [5.74, 6) is -0.863. The van der Waals surface area contributed by atoms with E-state index >= 15 is 0 Å². The molecule has 0 aliphatic heterocycles. The third-order valence-corrected chi connectivity index (χ3v) is 1.67. The van der Waals surface area contributed by atoms with E-state index in [1.807, 2.05) is 0 Å². The van der Waals surface area contributed by atoms with Crippen LogP contribution in [-0.2, 0) is 11.2 Å². The quantitative estimate of drug-likeness (QED) is 0.808. The Balaban J connectivity index is 0.00000121. The molecule has 66 valence electrons. The van der Waals surface area contributed by atoms with Crippen molar-refractivity contribution in [1.82, 2.24) is 0 Å². The molecular formula is C8H8Cl2O2. The van der Waals surface area contributed by atoms with Crippen LogP contribution in [0.2, 0.25) is 5.02 Å². The van der Waals surface area contributed by atoms with Crippen LogP contribution < -0.4 is 0 Å². The molecule has 0 heterocycles. The third-order valence-electron chi connectivity index (χ3n) is 1.30. The van der Waals surface area contributed by atoms with Gasteiger partial charge in [-0.2, -0.15) is 0 Å². The normalized spacial score (nSPS) is 8.75. The van der Waals surface area contributed by atoms with Crippen LogP contribution in [0.4, 0.5) is 0 Å². The molecule has 0 fully saturated rings. The van der Waals surface area contributed by atoms with E-state index in [1.165, 1.54) is 0 Å². The van der Waals surface area contributed by atoms with E-state index in [2.05, 4.69) is 0 Å². The van der Waals surface area contributed by atoms with E-state index < -0.39 is 5.97 Å². The Bertz CT molecular complexity index is 274. The first-order valence-electron chi connectivity index (χ1n) is 3.15. The van der Waals surface area contributed by atoms with E-state index in [0.717, 1.165) is 0 Å². The molecule has 0 saturated heterocycles. The second-order valence-corrected chi connectivity index (χ2v) is 2.57. The zero-order chi connectivity index (χ0) is 8.27. The molecule has 1 rings (SSSR count). The van der Waals surface area contributed by atoms with Gasteiger partial charge in [0.2, 0.25) is 0 Å². The average molecular weight is 207 g/mol. The number of hydrogen-bond acceptors (Lipinski definition) is 1. The summed E-state index contributed by atoms with van der Waals surface area (Å²) in [5.41, 5.74) is 0.654. The van der Waals surface area contributed by atoms with Crippen molar-refractivity contribution >= 4 is 30.0 Å². The lowest BCUT2D eigenvalue weighted by atomic mass is 10.1. The zero-order valence-corrected chi connectivity index (χ0v) is 7.73. The minimum Gasteiger partial charge on any atom is -0.481 e. The fourth-order valence-electron chi connectivity index (χ4n) is 0.805. The Morgan fingerprint density at radius 3 is 2.50 bits per heavy atom. The summed E-state index contributed by atoms with van der Waals surface area (Å²) in [4.78, 5) is 10.3. The second-order valence-electron chi connectivity index (χ2n) is 2.16. The lowest BCUT2D eigenvalue weighted by Gasteiger charge is -1.97. The smallest absolute Gasteiger partial charge is 0.307 e. The molecule has 0 unspecified atom stereocenters. The van der Waals surface area contributed by atoms with Crippen LogP contribution in [0.1, 0.15) is 5.56 Å². The van der Waals surface area contributed by atoms with Crippen molar-refractivity contribution in [1.29, 1.82) is 0 Å². The number of hydrogen-bond donors (Lipinski definition) is 1. The molecule has 0 amide bonds. The minimum atomic E-state index is -0.863. The molecule has 0 bridgehead atoms. The lowest BCUT2D eigenvalue weighted by molar-refractivity contribution is -0.136. The predicted molar refractivity (Wildman–Crippen MR) is 50.0 cm³/mol. The summed E-state index contributed by atoms with van der Waals surface area (Å²) in [6, 6.07) is 6.92. The van der Waals surface area contributed by atoms with E-state index in [9.17, 15) is 4.79 Å². The van der Waals surface area contributed by atoms with Gasteiger partial charge in [0.15, 0.2) is 0 Å². The average Bonchev–Trinajstić information content (AvgIpc) is 1.93. The molecule has 0 aliphatic carbocycles. The molecule has 1 aromatic carbocycles. The van der Waals surface area contributed by atoms with E-state index in [0.29, 0.717) is 10.6 Å². The molecule has 0 aliphatic rings. The second kappa shape index (κ2) is 5.01. The Morgan fingerprint density at radius 2 is 2.00 bits per heavy atom. The van der Waals surface area contributed by atoms with Gasteiger partial charge in [-0.25, -0.2) is 0 Å². The van der Waals surface area contributed by atoms with E-state index in [4.69, 9.17) is 16.7 Å². The number of carboxylic acids is 1. The summed E-state index contributed by atoms with van der Waals surface area (Å²) < 4.78 is 0. The molecular weight excluding hydrogens is 199 g/mol. The monoisotopic (exact) mass is 206 g/mol. The van der Waals surface area contributed by atoms with Gasteiger partial charge in [0.05, 0.1) is 6.42 Å². The number of aliphatic carboxylic acids is 1. The molecule has 12 heavy (non-hydrogen) atoms. The Morgan fingerprint density at radius 1 is 1.42 bits per heavy atom. The largest absolute Gasteiger partial charge is 0.481 e. The van der Waals surface area contributed by atoms with Gasteiger partial charge in [-0.3, -0.25) is 4.79 Å². The maximum Gasteiger partial charge on any atom is 0.307 e. The van der Waals surface area contributed by atoms with Crippen molar-refractivity contribution in [3.8, 4) is 0 Å². The van der Waals surface area contributed by atoms with Crippen molar-refractivity contribution in [2.75, 3.05) is 0 Å². The molecule has 2 nitrogen and oxygen atoms in total. The summed E-state index contributed by atoms with van der Waals surface area (Å²) in [6.45, 7) is 0. The number of carbonyl (C=O) groups is 1. The lowest BCUT2D eigenvalue weighted by Crippen LogP contribution is -1.99. The maximum atomic E-state index is 10.3. The van der Waals surface area contributed by atoms with Crippen LogP contribution in [0, 0.1) is 0 Å². The Labute approximate surface area is 81.6 Å². The first kappa shape index (κ1) is 11.3. The maximum absolute atomic E-state index is 10.3. The first-order valence-corrected chi connectivity index (χ1v) is 3.53. The fraction of sp³-hybridized carbons (Fsp3) is 0.125. The highest BCUT2D eigenvalue weighted by Gasteiger charge is 2.02. The zero-order valence-electron chi connectivity index (χ0n) is 6.16. The molecule has 0 saturated carbocycles. The molecule has 0 aromatic heterocycles. The van der Waals surface area contributed by atoms with Crippen molar-refractivity contribution in [3.05, 3.63) is 34.9 Å². The fourth-order valence-corrected chi connectivity index (χ4v) is 1.01. The SMILES string of the molecule is Cl.O=C(O)Cc1ccccc1Cl. The van der Waals surface area contributed by atoms with Gasteiger partial charge in [-0.15, -0.1) is 12.4 Å². The van der Waals surface area contributed by atoms with Crippen LogP contribution >= 0.6 is 24.0 Å². The predicted octanol–water partition coefficient (Wildman–Crippen LogP) is 2.39. The summed E-state index contributed by atoms with van der Waals surface area (Å²) in [5, 5.41) is 8.94. The molecule has 0 radical (unpaired) electrons. The van der Waals surface area contributed by atoms with Crippen molar-refractivity contribution in [2.45, 2.75) is 6.42 Å². The van der Waals surface area contributed by atoms with Gasteiger partial charge < -0.3 is 5.11 Å². The highest BCUT2D eigenvalue weighted by Crippen LogP contribution is 2.14. The standard InChI is InChI=1S/C8H7ClO2.ClH/c9-7-4-2-1-3-6(7)5-8(10)11;/h1-4H,5H2,(H,10,11);1H. The highest BCUT2D eigenvalue weighted by atomic mass is 35.5. The molecule has 0 spiro atoms. The minimum absolute atomic E-state index is 0. The third kappa shape index (κ3) is 3.11. The summed E-state index contributed by atoms with van der Waals surface area (Å²) in [6.07, 6.45) is -0.0142. The number of carboxylic acid groups (broad SMARTS) is 1. The molecule has 1 aromatic rings. The Kier molecular flexibility index (Phi) is 4.71. The van der Waals surface area contributed by atoms with Crippen LogP contribution in [-0.4, -0.2) is 11.1 Å². The molecule has 1 N–H and O–H groups in total. The number of rotatable bonds is 2. The number of benzene rings is 1. The van der Waals surface area contributed by atoms with Crippen LogP contribution in [0.15, 0.2) is 24.3 Å². The van der Waals surface area contributed by atoms with Gasteiger partial charge in [-0.05, 0) is 11.6 Å². The number of halogens is 2. The summed E-state index contributed by atoms with van der Waals surface area (Å²) in [7, 11) is 0. The van der Waals surface area contributed by atoms with Crippen LogP contribution in [0.5, 0.6) is 0 Å². The highest BCUT2D eigenvalue weighted by molar-refractivity contribution is 6.31. The topological polar surface area (TPSA) is 37.3 Å². The van der Waals surface area contributed by atoms with Crippen LogP contribution in [0.25, 0.3) is 0 Å². The van der Waals surface area contributed by atoms with Crippen molar-refractivity contribution in [3.63, 3.8) is 0 Å². The molecule has 4 heteroatoms. The first-order chi connectivity index (χ1) is 5.20. The van der Waals surface area contributed by atoms with E-state index in [-0.39, 0.29) is 18.8 Å². The Hall–Kier alpha value is -0.730. The van der Waals surface area contributed by atoms with Gasteiger partial charge in [-0.1, -0.05) is 29.8 Å². The van der Waals surface area contributed by atoms with Gasteiger partial charge in [0, 0.05) is 5.02 Å². The molecule has 0 atom stereocenters. The van der Waals surface area contributed by atoms with Gasteiger partial charge in [0.25, 0.3) is 0 Å². The van der Waals surface area contributed by atoms with Crippen molar-refractivity contribution in [2.24, 2.45) is 0 Å². The van der Waals surface area contributed by atoms with Crippen molar-refractivity contribution < 1.29 is 9.90 Å². The summed E-state index contributed by atoms with van der Waals surface area (Å²) >= 11 is 5.70. The van der Waals surface area contributed by atoms with E-state index in [1.54, 1.807) is 24.3 Å².